The maximum Gasteiger partial charge on any atom is 0.0280 e. The van der Waals surface area contributed by atoms with Crippen LogP contribution in [0, 0.1) is 5.41 Å². The third kappa shape index (κ3) is 4.10. The van der Waals surface area contributed by atoms with Gasteiger partial charge in [0.05, 0.1) is 0 Å². The van der Waals surface area contributed by atoms with Crippen molar-refractivity contribution in [1.29, 1.82) is 0 Å². The van der Waals surface area contributed by atoms with Crippen LogP contribution in [0.25, 0.3) is 0 Å². The number of unbranched alkanes of at least 4 members (excludes halogenated alkanes) is 1. The molecule has 92 valence electrons. The molecular weight excluding hydrogens is 236 g/mol. The maximum absolute atomic E-state index is 6.20. The van der Waals surface area contributed by atoms with Crippen LogP contribution in [0.2, 0.25) is 0 Å². The Labute approximate surface area is 109 Å². The summed E-state index contributed by atoms with van der Waals surface area (Å²) in [5.41, 5.74) is 0.377. The zero-order valence-electron chi connectivity index (χ0n) is 10.5. The Morgan fingerprint density at radius 3 is 2.62 bits per heavy atom. The molecule has 0 spiro atoms. The molecule has 0 radical (unpaired) electrons. The summed E-state index contributed by atoms with van der Waals surface area (Å²) in [7, 11) is 0. The summed E-state index contributed by atoms with van der Waals surface area (Å²) in [5, 5.41) is 2.16. The van der Waals surface area contributed by atoms with Gasteiger partial charge in [0.1, 0.15) is 0 Å². The smallest absolute Gasteiger partial charge is 0.0280 e. The van der Waals surface area contributed by atoms with Crippen LogP contribution in [0.15, 0.2) is 17.5 Å². The van der Waals surface area contributed by atoms with Crippen molar-refractivity contribution in [1.82, 2.24) is 0 Å². The number of aryl methyl sites for hydroxylation is 1. The lowest BCUT2D eigenvalue weighted by molar-refractivity contribution is 0.259. The highest BCUT2D eigenvalue weighted by molar-refractivity contribution is 7.09. The van der Waals surface area contributed by atoms with Crippen molar-refractivity contribution < 1.29 is 0 Å². The van der Waals surface area contributed by atoms with E-state index in [4.69, 9.17) is 11.6 Å². The predicted octanol–water partition coefficient (Wildman–Crippen LogP) is 5.51. The summed E-state index contributed by atoms with van der Waals surface area (Å²) < 4.78 is 0. The normalized spacial score (nSPS) is 14.9. The fraction of sp³-hybridized carbons (Fsp3) is 0.714. The second-order valence-corrected chi connectivity index (χ2v) is 5.97. The van der Waals surface area contributed by atoms with E-state index in [9.17, 15) is 0 Å². The lowest BCUT2D eigenvalue weighted by Crippen LogP contribution is -2.22. The van der Waals surface area contributed by atoms with Crippen LogP contribution in [0.1, 0.15) is 50.8 Å². The van der Waals surface area contributed by atoms with E-state index in [0.717, 1.165) is 5.88 Å². The molecule has 1 unspecified atom stereocenters. The number of hydrogen-bond donors (Lipinski definition) is 0. The van der Waals surface area contributed by atoms with Gasteiger partial charge >= 0.3 is 0 Å². The van der Waals surface area contributed by atoms with E-state index in [-0.39, 0.29) is 0 Å². The zero-order chi connectivity index (χ0) is 11.9. The standard InChI is InChI=1S/C14H23ClS/c1-3-5-9-14(4-2,12-15)10-8-13-7-6-11-16-13/h6-7,11H,3-5,8-10,12H2,1-2H3. The largest absolute Gasteiger partial charge is 0.149 e. The summed E-state index contributed by atoms with van der Waals surface area (Å²) in [6, 6.07) is 4.37. The van der Waals surface area contributed by atoms with Crippen molar-refractivity contribution in [2.75, 3.05) is 5.88 Å². The molecule has 0 bridgehead atoms. The van der Waals surface area contributed by atoms with E-state index in [1.165, 1.54) is 43.4 Å². The van der Waals surface area contributed by atoms with Gasteiger partial charge in [-0.05, 0) is 42.5 Å². The average molecular weight is 259 g/mol. The number of hydrogen-bond acceptors (Lipinski definition) is 1. The van der Waals surface area contributed by atoms with Crippen molar-refractivity contribution >= 4 is 22.9 Å². The topological polar surface area (TPSA) is 0 Å². The van der Waals surface area contributed by atoms with E-state index in [0.29, 0.717) is 5.41 Å². The first-order valence-electron chi connectivity index (χ1n) is 6.34. The number of alkyl halides is 1. The number of halogens is 1. The molecule has 16 heavy (non-hydrogen) atoms. The monoisotopic (exact) mass is 258 g/mol. The molecule has 0 saturated heterocycles. The Balaban J connectivity index is 2.49. The molecule has 0 amide bonds. The molecule has 1 atom stereocenters. The molecule has 0 aliphatic carbocycles. The highest BCUT2D eigenvalue weighted by Crippen LogP contribution is 2.35. The Hall–Kier alpha value is -0.0100. The van der Waals surface area contributed by atoms with Crippen molar-refractivity contribution in [3.8, 4) is 0 Å². The molecule has 1 rings (SSSR count). The summed E-state index contributed by atoms with van der Waals surface area (Å²) in [5.74, 6) is 0.814. The summed E-state index contributed by atoms with van der Waals surface area (Å²) in [4.78, 5) is 1.50. The second-order valence-electron chi connectivity index (χ2n) is 4.67. The first kappa shape index (κ1) is 14.1. The molecule has 0 nitrogen and oxygen atoms in total. The number of rotatable bonds is 8. The first-order valence-corrected chi connectivity index (χ1v) is 7.76. The maximum atomic E-state index is 6.20. The molecule has 0 N–H and O–H groups in total. The minimum atomic E-state index is 0.377. The van der Waals surface area contributed by atoms with Crippen molar-refractivity contribution in [3.05, 3.63) is 22.4 Å². The van der Waals surface area contributed by atoms with Crippen LogP contribution in [-0.4, -0.2) is 5.88 Å². The molecule has 0 saturated carbocycles. The quantitative estimate of drug-likeness (QED) is 0.540. The molecule has 1 aromatic heterocycles. The molecule has 1 heterocycles. The third-order valence-corrected chi connectivity index (χ3v) is 5.08. The molecule has 0 aromatic carbocycles. The Kier molecular flexibility index (Phi) is 6.45. The van der Waals surface area contributed by atoms with Gasteiger partial charge in [0, 0.05) is 10.8 Å². The minimum absolute atomic E-state index is 0.377. The highest BCUT2D eigenvalue weighted by atomic mass is 35.5. The van der Waals surface area contributed by atoms with Gasteiger partial charge in [-0.1, -0.05) is 32.8 Å². The molecular formula is C14H23ClS. The van der Waals surface area contributed by atoms with Gasteiger partial charge in [0.15, 0.2) is 0 Å². The SMILES string of the molecule is CCCCC(CC)(CCl)CCc1cccs1. The van der Waals surface area contributed by atoms with E-state index in [1.54, 1.807) is 0 Å². The van der Waals surface area contributed by atoms with Crippen LogP contribution in [0.3, 0.4) is 0 Å². The lowest BCUT2D eigenvalue weighted by atomic mass is 9.78. The summed E-state index contributed by atoms with van der Waals surface area (Å²) in [6.07, 6.45) is 7.52. The highest BCUT2D eigenvalue weighted by Gasteiger charge is 2.26. The lowest BCUT2D eigenvalue weighted by Gasteiger charge is -2.30. The van der Waals surface area contributed by atoms with E-state index >= 15 is 0 Å². The van der Waals surface area contributed by atoms with E-state index in [1.807, 2.05) is 11.3 Å². The van der Waals surface area contributed by atoms with Crippen molar-refractivity contribution in [2.24, 2.45) is 5.41 Å². The first-order chi connectivity index (χ1) is 7.76. The van der Waals surface area contributed by atoms with E-state index in [2.05, 4.69) is 31.4 Å². The molecule has 0 aliphatic rings. The van der Waals surface area contributed by atoms with Gasteiger partial charge in [0.25, 0.3) is 0 Å². The third-order valence-electron chi connectivity index (χ3n) is 3.58. The van der Waals surface area contributed by atoms with E-state index < -0.39 is 0 Å². The van der Waals surface area contributed by atoms with Crippen LogP contribution in [0.4, 0.5) is 0 Å². The van der Waals surface area contributed by atoms with Gasteiger partial charge in [-0.25, -0.2) is 0 Å². The molecule has 2 heteroatoms. The van der Waals surface area contributed by atoms with Gasteiger partial charge in [-0.15, -0.1) is 22.9 Å². The fourth-order valence-corrected chi connectivity index (χ4v) is 3.27. The second kappa shape index (κ2) is 7.34. The minimum Gasteiger partial charge on any atom is -0.149 e. The summed E-state index contributed by atoms with van der Waals surface area (Å²) in [6.45, 7) is 4.54. The van der Waals surface area contributed by atoms with Gasteiger partial charge in [0.2, 0.25) is 0 Å². The molecule has 0 aliphatic heterocycles. The zero-order valence-corrected chi connectivity index (χ0v) is 12.0. The van der Waals surface area contributed by atoms with Gasteiger partial charge < -0.3 is 0 Å². The molecule has 1 aromatic rings. The Bertz CT molecular complexity index is 262. The Morgan fingerprint density at radius 2 is 2.12 bits per heavy atom. The Morgan fingerprint density at radius 1 is 1.31 bits per heavy atom. The summed E-state index contributed by atoms with van der Waals surface area (Å²) >= 11 is 8.07. The van der Waals surface area contributed by atoms with Crippen molar-refractivity contribution in [3.63, 3.8) is 0 Å². The van der Waals surface area contributed by atoms with Gasteiger partial charge in [-0.3, -0.25) is 0 Å². The molecule has 0 fully saturated rings. The van der Waals surface area contributed by atoms with Gasteiger partial charge in [-0.2, -0.15) is 0 Å². The number of thiophene rings is 1. The average Bonchev–Trinajstić information content (AvgIpc) is 2.83. The fourth-order valence-electron chi connectivity index (χ4n) is 2.10. The predicted molar refractivity (Wildman–Crippen MR) is 75.6 cm³/mol. The van der Waals surface area contributed by atoms with Crippen molar-refractivity contribution in [2.45, 2.75) is 52.4 Å². The van der Waals surface area contributed by atoms with Crippen LogP contribution in [-0.2, 0) is 6.42 Å². The van der Waals surface area contributed by atoms with Crippen LogP contribution >= 0.6 is 22.9 Å². The van der Waals surface area contributed by atoms with Crippen LogP contribution in [0.5, 0.6) is 0 Å². The van der Waals surface area contributed by atoms with Crippen LogP contribution < -0.4 is 0 Å².